The van der Waals surface area contributed by atoms with Crippen molar-refractivity contribution in [2.45, 2.75) is 45.6 Å². The maximum absolute atomic E-state index is 12.7. The number of aryl methyl sites for hydroxylation is 1. The number of amides is 2. The smallest absolute Gasteiger partial charge is 0.228 e. The number of carbonyl (C=O) groups excluding carboxylic acids is 2. The molecular formula is C18H24N2O2. The maximum atomic E-state index is 12.7. The number of rotatable bonds is 2. The van der Waals surface area contributed by atoms with Gasteiger partial charge in [-0.3, -0.25) is 9.59 Å². The van der Waals surface area contributed by atoms with Crippen molar-refractivity contribution in [1.29, 1.82) is 0 Å². The lowest BCUT2D eigenvalue weighted by Gasteiger charge is -2.35. The molecule has 4 nitrogen and oxygen atoms in total. The van der Waals surface area contributed by atoms with Crippen molar-refractivity contribution in [3.63, 3.8) is 0 Å². The zero-order valence-corrected chi connectivity index (χ0v) is 13.4. The fraction of sp³-hybridized carbons (Fsp3) is 0.556. The number of hydrogen-bond donors (Lipinski definition) is 0. The van der Waals surface area contributed by atoms with Crippen LogP contribution in [0, 0.1) is 12.8 Å². The van der Waals surface area contributed by atoms with E-state index in [1.54, 1.807) is 4.90 Å². The molecule has 2 atom stereocenters. The third-order valence-corrected chi connectivity index (χ3v) is 4.91. The Morgan fingerprint density at radius 3 is 2.59 bits per heavy atom. The van der Waals surface area contributed by atoms with Crippen molar-refractivity contribution >= 4 is 17.5 Å². The minimum Gasteiger partial charge on any atom is -0.340 e. The summed E-state index contributed by atoms with van der Waals surface area (Å²) in [6, 6.07) is 8.24. The van der Waals surface area contributed by atoms with Crippen molar-refractivity contribution in [2.24, 2.45) is 5.92 Å². The second-order valence-corrected chi connectivity index (χ2v) is 6.62. The van der Waals surface area contributed by atoms with Gasteiger partial charge in [0.15, 0.2) is 0 Å². The Morgan fingerprint density at radius 2 is 1.91 bits per heavy atom. The number of hydrogen-bond acceptors (Lipinski definition) is 2. The molecule has 2 amide bonds. The van der Waals surface area contributed by atoms with Gasteiger partial charge in [0, 0.05) is 31.2 Å². The molecule has 22 heavy (non-hydrogen) atoms. The van der Waals surface area contributed by atoms with Crippen molar-refractivity contribution in [3.05, 3.63) is 29.8 Å². The molecule has 0 spiro atoms. The minimum atomic E-state index is -0.186. The van der Waals surface area contributed by atoms with E-state index in [2.05, 4.69) is 6.92 Å². The first-order chi connectivity index (χ1) is 10.6. The average molecular weight is 300 g/mol. The summed E-state index contributed by atoms with van der Waals surface area (Å²) in [6.45, 7) is 5.50. The number of benzene rings is 1. The molecule has 0 radical (unpaired) electrons. The van der Waals surface area contributed by atoms with Crippen molar-refractivity contribution in [2.75, 3.05) is 18.0 Å². The van der Waals surface area contributed by atoms with E-state index in [0.29, 0.717) is 19.0 Å². The van der Waals surface area contributed by atoms with E-state index in [9.17, 15) is 9.59 Å². The fourth-order valence-corrected chi connectivity index (χ4v) is 3.51. The standard InChI is InChI=1S/C18H24N2O2/c1-13-6-8-16(9-7-13)20-12-15(11-17(20)21)18(22)19-10-4-3-5-14(19)2/h6-9,14-15H,3-5,10-12H2,1-2H3. The van der Waals surface area contributed by atoms with Gasteiger partial charge in [-0.2, -0.15) is 0 Å². The van der Waals surface area contributed by atoms with Gasteiger partial charge in [-0.15, -0.1) is 0 Å². The number of nitrogens with zero attached hydrogens (tertiary/aromatic N) is 2. The van der Waals surface area contributed by atoms with E-state index in [-0.39, 0.29) is 17.7 Å². The number of carbonyl (C=O) groups is 2. The second kappa shape index (κ2) is 6.11. The van der Waals surface area contributed by atoms with Gasteiger partial charge in [0.25, 0.3) is 0 Å². The van der Waals surface area contributed by atoms with Gasteiger partial charge in [-0.25, -0.2) is 0 Å². The SMILES string of the molecule is Cc1ccc(N2CC(C(=O)N3CCCCC3C)CC2=O)cc1. The molecular weight excluding hydrogens is 276 g/mol. The molecule has 4 heteroatoms. The lowest BCUT2D eigenvalue weighted by atomic mass is 9.99. The van der Waals surface area contributed by atoms with Crippen LogP contribution in [0.15, 0.2) is 24.3 Å². The highest BCUT2D eigenvalue weighted by atomic mass is 16.2. The highest BCUT2D eigenvalue weighted by molar-refractivity contribution is 6.00. The van der Waals surface area contributed by atoms with Crippen LogP contribution in [0.2, 0.25) is 0 Å². The van der Waals surface area contributed by atoms with Crippen molar-refractivity contribution in [3.8, 4) is 0 Å². The Kier molecular flexibility index (Phi) is 4.19. The van der Waals surface area contributed by atoms with E-state index in [1.807, 2.05) is 36.1 Å². The molecule has 1 aromatic rings. The molecule has 0 saturated carbocycles. The van der Waals surface area contributed by atoms with Gasteiger partial charge >= 0.3 is 0 Å². The number of anilines is 1. The molecule has 2 fully saturated rings. The molecule has 2 saturated heterocycles. The minimum absolute atomic E-state index is 0.0619. The Morgan fingerprint density at radius 1 is 1.18 bits per heavy atom. The summed E-state index contributed by atoms with van der Waals surface area (Å²) in [5, 5.41) is 0. The van der Waals surface area contributed by atoms with Gasteiger partial charge in [0.2, 0.25) is 11.8 Å². The van der Waals surface area contributed by atoms with Crippen LogP contribution < -0.4 is 4.90 Å². The van der Waals surface area contributed by atoms with Gasteiger partial charge < -0.3 is 9.80 Å². The summed E-state index contributed by atoms with van der Waals surface area (Å²) in [7, 11) is 0. The molecule has 1 aromatic carbocycles. The van der Waals surface area contributed by atoms with Crippen LogP contribution in [0.4, 0.5) is 5.69 Å². The third kappa shape index (κ3) is 2.87. The molecule has 2 unspecified atom stereocenters. The third-order valence-electron chi connectivity index (χ3n) is 4.91. The Hall–Kier alpha value is -1.84. The summed E-state index contributed by atoms with van der Waals surface area (Å²) < 4.78 is 0. The summed E-state index contributed by atoms with van der Waals surface area (Å²) in [6.07, 6.45) is 3.70. The van der Waals surface area contributed by atoms with Crippen LogP contribution in [0.1, 0.15) is 38.2 Å². The molecule has 0 aromatic heterocycles. The van der Waals surface area contributed by atoms with Gasteiger partial charge in [-0.1, -0.05) is 17.7 Å². The summed E-state index contributed by atoms with van der Waals surface area (Å²) >= 11 is 0. The van der Waals surface area contributed by atoms with Crippen LogP contribution in [-0.2, 0) is 9.59 Å². The molecule has 118 valence electrons. The van der Waals surface area contributed by atoms with Gasteiger partial charge in [0.05, 0.1) is 5.92 Å². The topological polar surface area (TPSA) is 40.6 Å². The normalized spacial score (nSPS) is 25.6. The second-order valence-electron chi connectivity index (χ2n) is 6.62. The summed E-state index contributed by atoms with van der Waals surface area (Å²) in [5.74, 6) is 0.0383. The van der Waals surface area contributed by atoms with Gasteiger partial charge in [0.1, 0.15) is 0 Å². The van der Waals surface area contributed by atoms with Crippen LogP contribution in [0.25, 0.3) is 0 Å². The predicted molar refractivity (Wildman–Crippen MR) is 86.7 cm³/mol. The molecule has 0 bridgehead atoms. The average Bonchev–Trinajstić information content (AvgIpc) is 2.90. The van der Waals surface area contributed by atoms with E-state index in [4.69, 9.17) is 0 Å². The molecule has 2 heterocycles. The highest BCUT2D eigenvalue weighted by Crippen LogP contribution is 2.28. The largest absolute Gasteiger partial charge is 0.340 e. The maximum Gasteiger partial charge on any atom is 0.228 e. The Balaban J connectivity index is 1.71. The van der Waals surface area contributed by atoms with E-state index >= 15 is 0 Å². The lowest BCUT2D eigenvalue weighted by Crippen LogP contribution is -2.45. The van der Waals surface area contributed by atoms with E-state index < -0.39 is 0 Å². The van der Waals surface area contributed by atoms with E-state index in [0.717, 1.165) is 25.1 Å². The summed E-state index contributed by atoms with van der Waals surface area (Å²) in [4.78, 5) is 28.8. The molecule has 0 aliphatic carbocycles. The first kappa shape index (κ1) is 15.1. The lowest BCUT2D eigenvalue weighted by molar-refractivity contribution is -0.139. The zero-order valence-electron chi connectivity index (χ0n) is 13.4. The van der Waals surface area contributed by atoms with Crippen LogP contribution in [0.3, 0.4) is 0 Å². The van der Waals surface area contributed by atoms with E-state index in [1.165, 1.54) is 12.0 Å². The number of piperidine rings is 1. The van der Waals surface area contributed by atoms with Gasteiger partial charge in [-0.05, 0) is 45.2 Å². The molecule has 3 rings (SSSR count). The molecule has 2 aliphatic rings. The first-order valence-corrected chi connectivity index (χ1v) is 8.24. The molecule has 0 N–H and O–H groups in total. The van der Waals surface area contributed by atoms with Crippen molar-refractivity contribution in [1.82, 2.24) is 4.90 Å². The number of likely N-dealkylation sites (tertiary alicyclic amines) is 1. The monoisotopic (exact) mass is 300 g/mol. The van der Waals surface area contributed by atoms with Crippen molar-refractivity contribution < 1.29 is 9.59 Å². The fourth-order valence-electron chi connectivity index (χ4n) is 3.51. The predicted octanol–water partition coefficient (Wildman–Crippen LogP) is 2.75. The molecule has 2 aliphatic heterocycles. The highest BCUT2D eigenvalue weighted by Gasteiger charge is 2.38. The van der Waals surface area contributed by atoms with Crippen LogP contribution in [0.5, 0.6) is 0 Å². The Labute approximate surface area is 132 Å². The zero-order chi connectivity index (χ0) is 15.7. The summed E-state index contributed by atoms with van der Waals surface area (Å²) in [5.41, 5.74) is 2.07. The first-order valence-electron chi connectivity index (χ1n) is 8.24. The van der Waals surface area contributed by atoms with Crippen LogP contribution >= 0.6 is 0 Å². The Bertz CT molecular complexity index is 567. The quantitative estimate of drug-likeness (QED) is 0.842. The van der Waals surface area contributed by atoms with Crippen LogP contribution in [-0.4, -0.2) is 35.8 Å².